The van der Waals surface area contributed by atoms with E-state index in [4.69, 9.17) is 11.6 Å². The van der Waals surface area contributed by atoms with Crippen LogP contribution in [0.5, 0.6) is 0 Å². The van der Waals surface area contributed by atoms with Gasteiger partial charge in [0.2, 0.25) is 0 Å². The number of halogens is 1. The van der Waals surface area contributed by atoms with Crippen LogP contribution in [0.4, 0.5) is 0 Å². The molecule has 0 aliphatic heterocycles. The first-order valence-electron chi connectivity index (χ1n) is 7.13. The predicted octanol–water partition coefficient (Wildman–Crippen LogP) is 3.73. The number of hydrogen-bond acceptors (Lipinski definition) is 3. The second-order valence-electron chi connectivity index (χ2n) is 4.91. The molecule has 3 rings (SSSR count). The second kappa shape index (κ2) is 7.03. The van der Waals surface area contributed by atoms with Gasteiger partial charge in [0.1, 0.15) is 0 Å². The lowest BCUT2D eigenvalue weighted by Gasteiger charge is -2.10. The van der Waals surface area contributed by atoms with Crippen LogP contribution in [-0.2, 0) is 6.54 Å². The molecule has 0 aliphatic carbocycles. The van der Waals surface area contributed by atoms with Crippen molar-refractivity contribution in [1.29, 1.82) is 0 Å². The maximum absolute atomic E-state index is 12.3. The molecule has 1 N–H and O–H groups in total. The fraction of sp³-hybridized carbons (Fsp3) is 0.0556. The standard InChI is InChI=1S/C18H14ClN3O/c19-16-6-2-1-5-15(16)18(23)22-12-14-4-3-9-21-17(14)13-7-10-20-11-8-13/h1-11H,12H2,(H,22,23). The van der Waals surface area contributed by atoms with Gasteiger partial charge in [-0.2, -0.15) is 0 Å². The molecule has 2 aromatic heterocycles. The Kier molecular flexibility index (Phi) is 4.64. The van der Waals surface area contributed by atoms with E-state index in [1.165, 1.54) is 0 Å². The smallest absolute Gasteiger partial charge is 0.253 e. The maximum Gasteiger partial charge on any atom is 0.253 e. The summed E-state index contributed by atoms with van der Waals surface area (Å²) in [5.41, 5.74) is 3.18. The van der Waals surface area contributed by atoms with Crippen LogP contribution in [0.15, 0.2) is 67.1 Å². The number of carbonyl (C=O) groups is 1. The highest BCUT2D eigenvalue weighted by molar-refractivity contribution is 6.33. The van der Waals surface area contributed by atoms with Crippen LogP contribution in [0.3, 0.4) is 0 Å². The highest BCUT2D eigenvalue weighted by atomic mass is 35.5. The summed E-state index contributed by atoms with van der Waals surface area (Å²) in [5, 5.41) is 3.32. The molecule has 1 aromatic carbocycles. The van der Waals surface area contributed by atoms with Crippen molar-refractivity contribution >= 4 is 17.5 Å². The second-order valence-corrected chi connectivity index (χ2v) is 5.32. The molecule has 0 aliphatic rings. The van der Waals surface area contributed by atoms with E-state index in [0.717, 1.165) is 16.8 Å². The first-order valence-corrected chi connectivity index (χ1v) is 7.50. The molecule has 0 spiro atoms. The lowest BCUT2D eigenvalue weighted by atomic mass is 10.1. The van der Waals surface area contributed by atoms with Crippen molar-refractivity contribution in [3.8, 4) is 11.3 Å². The van der Waals surface area contributed by atoms with Crippen molar-refractivity contribution in [2.75, 3.05) is 0 Å². The zero-order valence-corrected chi connectivity index (χ0v) is 13.0. The molecule has 0 bridgehead atoms. The number of hydrogen-bond donors (Lipinski definition) is 1. The first-order chi connectivity index (χ1) is 11.3. The number of nitrogens with one attached hydrogen (secondary N) is 1. The zero-order valence-electron chi connectivity index (χ0n) is 12.2. The van der Waals surface area contributed by atoms with Crippen molar-refractivity contribution in [2.24, 2.45) is 0 Å². The Morgan fingerprint density at radius 3 is 2.57 bits per heavy atom. The van der Waals surface area contributed by atoms with Gasteiger partial charge in [-0.15, -0.1) is 0 Å². The SMILES string of the molecule is O=C(NCc1cccnc1-c1ccncc1)c1ccccc1Cl. The third-order valence-electron chi connectivity index (χ3n) is 3.40. The van der Waals surface area contributed by atoms with Gasteiger partial charge < -0.3 is 5.32 Å². The van der Waals surface area contributed by atoms with Crippen LogP contribution in [-0.4, -0.2) is 15.9 Å². The molecule has 0 atom stereocenters. The van der Waals surface area contributed by atoms with E-state index in [9.17, 15) is 4.79 Å². The van der Waals surface area contributed by atoms with Gasteiger partial charge in [-0.05, 0) is 35.9 Å². The van der Waals surface area contributed by atoms with Crippen molar-refractivity contribution in [3.05, 3.63) is 83.3 Å². The average molecular weight is 324 g/mol. The topological polar surface area (TPSA) is 54.9 Å². The number of carbonyl (C=O) groups excluding carboxylic acids is 1. The number of rotatable bonds is 4. The summed E-state index contributed by atoms with van der Waals surface area (Å²) in [4.78, 5) is 20.7. The molecule has 2 heterocycles. The van der Waals surface area contributed by atoms with Gasteiger partial charge in [-0.1, -0.05) is 29.8 Å². The summed E-state index contributed by atoms with van der Waals surface area (Å²) in [6, 6.07) is 14.5. The molecule has 5 heteroatoms. The highest BCUT2D eigenvalue weighted by Gasteiger charge is 2.11. The molecule has 4 nitrogen and oxygen atoms in total. The Morgan fingerprint density at radius 1 is 1.00 bits per heavy atom. The quantitative estimate of drug-likeness (QED) is 0.796. The van der Waals surface area contributed by atoms with Crippen molar-refractivity contribution in [2.45, 2.75) is 6.54 Å². The van der Waals surface area contributed by atoms with Gasteiger partial charge in [0.15, 0.2) is 0 Å². The Labute approximate surface area is 139 Å². The van der Waals surface area contributed by atoms with Gasteiger partial charge >= 0.3 is 0 Å². The molecule has 0 saturated heterocycles. The molecular formula is C18H14ClN3O. The van der Waals surface area contributed by atoms with E-state index in [1.54, 1.807) is 42.9 Å². The predicted molar refractivity (Wildman–Crippen MR) is 90.1 cm³/mol. The van der Waals surface area contributed by atoms with E-state index in [0.29, 0.717) is 17.1 Å². The monoisotopic (exact) mass is 323 g/mol. The Balaban J connectivity index is 1.79. The minimum atomic E-state index is -0.208. The lowest BCUT2D eigenvalue weighted by molar-refractivity contribution is 0.0951. The lowest BCUT2D eigenvalue weighted by Crippen LogP contribution is -2.23. The molecule has 0 unspecified atom stereocenters. The number of benzene rings is 1. The largest absolute Gasteiger partial charge is 0.348 e. The van der Waals surface area contributed by atoms with Crippen LogP contribution in [0, 0.1) is 0 Å². The molecule has 0 fully saturated rings. The van der Waals surface area contributed by atoms with E-state index in [2.05, 4.69) is 15.3 Å². The first kappa shape index (κ1) is 15.2. The molecule has 0 saturated carbocycles. The van der Waals surface area contributed by atoms with Gasteiger partial charge in [0, 0.05) is 30.7 Å². The van der Waals surface area contributed by atoms with Crippen LogP contribution in [0.1, 0.15) is 15.9 Å². The fourth-order valence-corrected chi connectivity index (χ4v) is 2.49. The summed E-state index contributed by atoms with van der Waals surface area (Å²) in [6.07, 6.45) is 5.17. The van der Waals surface area contributed by atoms with Crippen LogP contribution in [0.2, 0.25) is 5.02 Å². The molecule has 23 heavy (non-hydrogen) atoms. The van der Waals surface area contributed by atoms with E-state index in [-0.39, 0.29) is 5.91 Å². The van der Waals surface area contributed by atoms with Gasteiger partial charge in [0.25, 0.3) is 5.91 Å². The number of aromatic nitrogens is 2. The number of amides is 1. The molecular weight excluding hydrogens is 310 g/mol. The summed E-state index contributed by atoms with van der Waals surface area (Å²) in [5.74, 6) is -0.208. The minimum Gasteiger partial charge on any atom is -0.348 e. The Bertz CT molecular complexity index is 821. The van der Waals surface area contributed by atoms with Gasteiger partial charge in [-0.3, -0.25) is 14.8 Å². The summed E-state index contributed by atoms with van der Waals surface area (Å²) in [6.45, 7) is 0.371. The third kappa shape index (κ3) is 3.55. The Morgan fingerprint density at radius 2 is 1.78 bits per heavy atom. The van der Waals surface area contributed by atoms with Crippen molar-refractivity contribution in [3.63, 3.8) is 0 Å². The fourth-order valence-electron chi connectivity index (χ4n) is 2.27. The van der Waals surface area contributed by atoms with Gasteiger partial charge in [-0.25, -0.2) is 0 Å². The van der Waals surface area contributed by atoms with E-state index < -0.39 is 0 Å². The van der Waals surface area contributed by atoms with E-state index in [1.807, 2.05) is 24.3 Å². The number of nitrogens with zero attached hydrogens (tertiary/aromatic N) is 2. The minimum absolute atomic E-state index is 0.208. The zero-order chi connectivity index (χ0) is 16.1. The summed E-state index contributed by atoms with van der Waals surface area (Å²) < 4.78 is 0. The molecule has 1 amide bonds. The molecule has 114 valence electrons. The van der Waals surface area contributed by atoms with Crippen LogP contribution < -0.4 is 5.32 Å². The maximum atomic E-state index is 12.3. The molecule has 0 radical (unpaired) electrons. The Hall–Kier alpha value is -2.72. The van der Waals surface area contributed by atoms with Crippen molar-refractivity contribution in [1.82, 2.24) is 15.3 Å². The molecule has 3 aromatic rings. The summed E-state index contributed by atoms with van der Waals surface area (Å²) in [7, 11) is 0. The third-order valence-corrected chi connectivity index (χ3v) is 3.73. The average Bonchev–Trinajstić information content (AvgIpc) is 2.61. The van der Waals surface area contributed by atoms with Gasteiger partial charge in [0.05, 0.1) is 16.3 Å². The number of pyridine rings is 2. The normalized spacial score (nSPS) is 10.3. The highest BCUT2D eigenvalue weighted by Crippen LogP contribution is 2.20. The summed E-state index contributed by atoms with van der Waals surface area (Å²) >= 11 is 6.05. The van der Waals surface area contributed by atoms with Crippen LogP contribution >= 0.6 is 11.6 Å². The van der Waals surface area contributed by atoms with Crippen molar-refractivity contribution < 1.29 is 4.79 Å². The van der Waals surface area contributed by atoms with Crippen LogP contribution in [0.25, 0.3) is 11.3 Å². The van der Waals surface area contributed by atoms with E-state index >= 15 is 0 Å².